The van der Waals surface area contributed by atoms with Gasteiger partial charge in [0.05, 0.1) is 6.04 Å². The van der Waals surface area contributed by atoms with E-state index in [1.54, 1.807) is 17.4 Å². The van der Waals surface area contributed by atoms with Gasteiger partial charge in [0.2, 0.25) is 5.89 Å². The molecule has 23 heavy (non-hydrogen) atoms. The molecule has 2 aromatic rings. The van der Waals surface area contributed by atoms with E-state index in [-0.39, 0.29) is 17.3 Å². The number of phenolic OH excluding ortho intramolecular Hbond substituents is 1. The van der Waals surface area contributed by atoms with E-state index in [0.717, 1.165) is 11.8 Å². The third-order valence-electron chi connectivity index (χ3n) is 2.91. The smallest absolute Gasteiger partial charge is 0.405 e. The zero-order valence-corrected chi connectivity index (χ0v) is 11.8. The second-order valence-electron chi connectivity index (χ2n) is 4.85. The van der Waals surface area contributed by atoms with Crippen LogP contribution in [0.2, 0.25) is 0 Å². The van der Waals surface area contributed by atoms with Crippen LogP contribution in [0.3, 0.4) is 0 Å². The minimum Gasteiger partial charge on any atom is -0.508 e. The molecule has 1 atom stereocenters. The first-order chi connectivity index (χ1) is 10.7. The van der Waals surface area contributed by atoms with Gasteiger partial charge in [-0.2, -0.15) is 13.2 Å². The lowest BCUT2D eigenvalue weighted by atomic mass is 10.1. The zero-order valence-electron chi connectivity index (χ0n) is 11.8. The van der Waals surface area contributed by atoms with Crippen LogP contribution in [-0.4, -0.2) is 28.7 Å². The van der Waals surface area contributed by atoms with E-state index in [0.29, 0.717) is 6.42 Å². The van der Waals surface area contributed by atoms with Gasteiger partial charge in [-0.3, -0.25) is 4.79 Å². The molecule has 124 valence electrons. The van der Waals surface area contributed by atoms with Crippen LogP contribution in [0.5, 0.6) is 5.75 Å². The SMILES string of the molecule is NC(Cc1ccc(O)cc1)c1nc(C(=O)NCC(F)(F)F)co1. The fourth-order valence-electron chi connectivity index (χ4n) is 1.81. The van der Waals surface area contributed by atoms with Crippen molar-refractivity contribution >= 4 is 5.91 Å². The van der Waals surface area contributed by atoms with Crippen LogP contribution in [0.4, 0.5) is 13.2 Å². The normalized spacial score (nSPS) is 12.9. The molecule has 0 aliphatic rings. The topological polar surface area (TPSA) is 101 Å². The molecular formula is C14H14F3N3O3. The summed E-state index contributed by atoms with van der Waals surface area (Å²) in [6.45, 7) is -1.45. The molecule has 9 heteroatoms. The number of carbonyl (C=O) groups excluding carboxylic acids is 1. The van der Waals surface area contributed by atoms with Crippen molar-refractivity contribution in [3.05, 3.63) is 47.7 Å². The van der Waals surface area contributed by atoms with Gasteiger partial charge in [-0.1, -0.05) is 12.1 Å². The van der Waals surface area contributed by atoms with Crippen molar-refractivity contribution in [2.75, 3.05) is 6.54 Å². The summed E-state index contributed by atoms with van der Waals surface area (Å²) in [7, 11) is 0. The zero-order chi connectivity index (χ0) is 17.0. The lowest BCUT2D eigenvalue weighted by molar-refractivity contribution is -0.123. The Morgan fingerprint density at radius 3 is 2.61 bits per heavy atom. The maximum Gasteiger partial charge on any atom is 0.405 e. The Kier molecular flexibility index (Phi) is 4.89. The van der Waals surface area contributed by atoms with Gasteiger partial charge < -0.3 is 20.6 Å². The van der Waals surface area contributed by atoms with Crippen molar-refractivity contribution < 1.29 is 27.5 Å². The Bertz CT molecular complexity index is 668. The molecular weight excluding hydrogens is 315 g/mol. The molecule has 0 aliphatic heterocycles. The number of amides is 1. The van der Waals surface area contributed by atoms with Crippen molar-refractivity contribution in [1.82, 2.24) is 10.3 Å². The number of aromatic nitrogens is 1. The minimum atomic E-state index is -4.50. The Hall–Kier alpha value is -2.55. The number of nitrogens with zero attached hydrogens (tertiary/aromatic N) is 1. The molecule has 0 saturated heterocycles. The maximum atomic E-state index is 12.0. The van der Waals surface area contributed by atoms with E-state index in [2.05, 4.69) is 4.98 Å². The minimum absolute atomic E-state index is 0.0373. The third kappa shape index (κ3) is 4.99. The molecule has 0 aliphatic carbocycles. The van der Waals surface area contributed by atoms with E-state index >= 15 is 0 Å². The quantitative estimate of drug-likeness (QED) is 0.778. The lowest BCUT2D eigenvalue weighted by Gasteiger charge is -2.07. The van der Waals surface area contributed by atoms with Crippen LogP contribution in [0, 0.1) is 0 Å². The van der Waals surface area contributed by atoms with Crippen molar-refractivity contribution in [2.24, 2.45) is 5.73 Å². The highest BCUT2D eigenvalue weighted by Crippen LogP contribution is 2.18. The van der Waals surface area contributed by atoms with E-state index in [4.69, 9.17) is 10.2 Å². The van der Waals surface area contributed by atoms with Gasteiger partial charge in [-0.15, -0.1) is 0 Å². The number of halogens is 3. The van der Waals surface area contributed by atoms with Gasteiger partial charge in [-0.25, -0.2) is 4.98 Å². The summed E-state index contributed by atoms with van der Waals surface area (Å²) in [4.78, 5) is 15.3. The summed E-state index contributed by atoms with van der Waals surface area (Å²) in [6.07, 6.45) is -3.22. The number of hydrogen-bond donors (Lipinski definition) is 3. The van der Waals surface area contributed by atoms with E-state index < -0.39 is 24.7 Å². The predicted octanol–water partition coefficient (Wildman–Crippen LogP) is 1.91. The summed E-state index contributed by atoms with van der Waals surface area (Å²) in [5.41, 5.74) is 6.42. The molecule has 0 fully saturated rings. The summed E-state index contributed by atoms with van der Waals surface area (Å²) in [5, 5.41) is 10.9. The fourth-order valence-corrected chi connectivity index (χ4v) is 1.81. The van der Waals surface area contributed by atoms with Crippen molar-refractivity contribution in [3.63, 3.8) is 0 Å². The number of oxazole rings is 1. The largest absolute Gasteiger partial charge is 0.508 e. The van der Waals surface area contributed by atoms with Gasteiger partial charge in [0.15, 0.2) is 5.69 Å². The van der Waals surface area contributed by atoms with Crippen LogP contribution in [-0.2, 0) is 6.42 Å². The van der Waals surface area contributed by atoms with Crippen LogP contribution < -0.4 is 11.1 Å². The number of phenols is 1. The number of alkyl halides is 3. The summed E-state index contributed by atoms with van der Waals surface area (Å²) in [6, 6.07) is 5.63. The number of nitrogens with one attached hydrogen (secondary N) is 1. The molecule has 1 aromatic heterocycles. The molecule has 2 rings (SSSR count). The Morgan fingerprint density at radius 1 is 1.35 bits per heavy atom. The summed E-state index contributed by atoms with van der Waals surface area (Å²) in [5.74, 6) is -0.841. The van der Waals surface area contributed by atoms with Crippen molar-refractivity contribution in [2.45, 2.75) is 18.6 Å². The second kappa shape index (κ2) is 6.69. The van der Waals surface area contributed by atoms with Crippen molar-refractivity contribution in [1.29, 1.82) is 0 Å². The van der Waals surface area contributed by atoms with Crippen LogP contribution in [0.25, 0.3) is 0 Å². The van der Waals surface area contributed by atoms with Crippen LogP contribution in [0.15, 0.2) is 34.9 Å². The Morgan fingerprint density at radius 2 is 2.00 bits per heavy atom. The molecule has 0 radical (unpaired) electrons. The number of aromatic hydroxyl groups is 1. The highest BCUT2D eigenvalue weighted by Gasteiger charge is 2.28. The lowest BCUT2D eigenvalue weighted by Crippen LogP contribution is -2.33. The Balaban J connectivity index is 1.97. The summed E-state index contributed by atoms with van der Waals surface area (Å²) < 4.78 is 41.2. The highest BCUT2D eigenvalue weighted by molar-refractivity contribution is 5.91. The molecule has 1 amide bonds. The van der Waals surface area contributed by atoms with E-state index in [9.17, 15) is 23.1 Å². The number of rotatable bonds is 5. The second-order valence-corrected chi connectivity index (χ2v) is 4.85. The number of nitrogens with two attached hydrogens (primary N) is 1. The van der Waals surface area contributed by atoms with Crippen LogP contribution in [0.1, 0.15) is 28.0 Å². The Labute approximate surface area is 129 Å². The summed E-state index contributed by atoms with van der Waals surface area (Å²) >= 11 is 0. The first-order valence-corrected chi connectivity index (χ1v) is 6.58. The van der Waals surface area contributed by atoms with Gasteiger partial charge in [0, 0.05) is 0 Å². The molecule has 1 heterocycles. The fraction of sp³-hybridized carbons (Fsp3) is 0.286. The molecule has 0 saturated carbocycles. The molecule has 1 aromatic carbocycles. The molecule has 0 bridgehead atoms. The highest BCUT2D eigenvalue weighted by atomic mass is 19.4. The predicted molar refractivity (Wildman–Crippen MR) is 73.6 cm³/mol. The monoisotopic (exact) mass is 329 g/mol. The van der Waals surface area contributed by atoms with Crippen molar-refractivity contribution in [3.8, 4) is 5.75 Å². The molecule has 1 unspecified atom stereocenters. The van der Waals surface area contributed by atoms with E-state index in [1.165, 1.54) is 12.1 Å². The van der Waals surface area contributed by atoms with Crippen LogP contribution >= 0.6 is 0 Å². The number of benzene rings is 1. The van der Waals surface area contributed by atoms with Gasteiger partial charge in [-0.05, 0) is 24.1 Å². The number of hydrogen-bond acceptors (Lipinski definition) is 5. The first-order valence-electron chi connectivity index (χ1n) is 6.58. The molecule has 4 N–H and O–H groups in total. The average Bonchev–Trinajstić information content (AvgIpc) is 2.96. The van der Waals surface area contributed by atoms with Gasteiger partial charge in [0.25, 0.3) is 5.91 Å². The van der Waals surface area contributed by atoms with E-state index in [1.807, 2.05) is 0 Å². The van der Waals surface area contributed by atoms with Gasteiger partial charge in [0.1, 0.15) is 18.6 Å². The maximum absolute atomic E-state index is 12.0. The molecule has 0 spiro atoms. The third-order valence-corrected chi connectivity index (χ3v) is 2.91. The standard InChI is InChI=1S/C14H14F3N3O3/c15-14(16,17)7-19-12(22)11-6-23-13(20-11)10(18)5-8-1-3-9(21)4-2-8/h1-4,6,10,21H,5,7,18H2,(H,19,22). The average molecular weight is 329 g/mol. The number of carbonyl (C=O) groups is 1. The van der Waals surface area contributed by atoms with Gasteiger partial charge >= 0.3 is 6.18 Å². The molecule has 6 nitrogen and oxygen atoms in total. The first kappa shape index (κ1) is 16.8.